The zero-order valence-electron chi connectivity index (χ0n) is 19.6. The van der Waals surface area contributed by atoms with Crippen molar-refractivity contribution in [2.45, 2.75) is 13.1 Å². The van der Waals surface area contributed by atoms with Gasteiger partial charge in [0.2, 0.25) is 0 Å². The summed E-state index contributed by atoms with van der Waals surface area (Å²) < 4.78 is 18.7. The summed E-state index contributed by atoms with van der Waals surface area (Å²) in [5, 5.41) is 0.707. The average molecular weight is 497 g/mol. The lowest BCUT2D eigenvalue weighted by Crippen LogP contribution is -2.46. The largest absolute Gasteiger partial charge is 0.369 e. The minimum Gasteiger partial charge on any atom is -0.369 e. The summed E-state index contributed by atoms with van der Waals surface area (Å²) in [5.74, 6) is 0.273. The quantitative estimate of drug-likeness (QED) is 0.425. The van der Waals surface area contributed by atoms with Crippen molar-refractivity contribution in [1.82, 2.24) is 23.6 Å². The van der Waals surface area contributed by atoms with E-state index in [9.17, 15) is 14.0 Å². The van der Waals surface area contributed by atoms with E-state index in [1.54, 1.807) is 29.8 Å². The highest BCUT2D eigenvalue weighted by atomic mass is 35.5. The van der Waals surface area contributed by atoms with Crippen molar-refractivity contribution in [2.24, 2.45) is 14.1 Å². The number of benzene rings is 2. The number of fused-ring (bicyclic) bond motifs is 1. The molecule has 1 aliphatic rings. The van der Waals surface area contributed by atoms with E-state index in [1.807, 2.05) is 24.3 Å². The van der Waals surface area contributed by atoms with E-state index in [0.717, 1.165) is 36.4 Å². The van der Waals surface area contributed by atoms with Crippen LogP contribution in [0.2, 0.25) is 5.02 Å². The Balaban J connectivity index is 1.48. The predicted octanol–water partition coefficient (Wildman–Crippen LogP) is 2.60. The van der Waals surface area contributed by atoms with Crippen molar-refractivity contribution in [1.29, 1.82) is 0 Å². The van der Waals surface area contributed by atoms with Crippen LogP contribution in [0.25, 0.3) is 11.2 Å². The molecular weight excluding hydrogens is 471 g/mol. The second kappa shape index (κ2) is 9.31. The van der Waals surface area contributed by atoms with Gasteiger partial charge >= 0.3 is 5.69 Å². The van der Waals surface area contributed by atoms with E-state index < -0.39 is 11.2 Å². The number of piperazine rings is 1. The number of rotatable bonds is 5. The first-order valence-electron chi connectivity index (χ1n) is 11.4. The summed E-state index contributed by atoms with van der Waals surface area (Å²) in [6.07, 6.45) is 0. The van der Waals surface area contributed by atoms with Gasteiger partial charge in [-0.25, -0.2) is 14.2 Å². The third-order valence-corrected chi connectivity index (χ3v) is 6.86. The van der Waals surface area contributed by atoms with Crippen LogP contribution < -0.4 is 16.1 Å². The first kappa shape index (κ1) is 23.3. The third-order valence-electron chi connectivity index (χ3n) is 6.62. The maximum absolute atomic E-state index is 14.5. The number of nitrogens with zero attached hydrogens (tertiary/aromatic N) is 6. The molecule has 0 radical (unpaired) electrons. The smallest absolute Gasteiger partial charge is 0.332 e. The topological polar surface area (TPSA) is 68.3 Å². The number of aryl methyl sites for hydroxylation is 1. The molecular formula is C25H26ClFN6O2. The summed E-state index contributed by atoms with van der Waals surface area (Å²) in [4.78, 5) is 34.8. The van der Waals surface area contributed by atoms with Gasteiger partial charge in [0.1, 0.15) is 11.6 Å². The van der Waals surface area contributed by atoms with Crippen LogP contribution in [0.1, 0.15) is 11.4 Å². The van der Waals surface area contributed by atoms with E-state index >= 15 is 0 Å². The Kier molecular flexibility index (Phi) is 6.21. The van der Waals surface area contributed by atoms with Crippen molar-refractivity contribution in [3.05, 3.63) is 91.6 Å². The Morgan fingerprint density at radius 1 is 0.943 bits per heavy atom. The van der Waals surface area contributed by atoms with Crippen LogP contribution in [0.5, 0.6) is 0 Å². The summed E-state index contributed by atoms with van der Waals surface area (Å²) in [6.45, 7) is 3.82. The van der Waals surface area contributed by atoms with Gasteiger partial charge in [-0.3, -0.25) is 18.8 Å². The molecule has 8 nitrogen and oxygen atoms in total. The van der Waals surface area contributed by atoms with Crippen LogP contribution in [-0.2, 0) is 27.2 Å². The van der Waals surface area contributed by atoms with Crippen LogP contribution in [0.3, 0.4) is 0 Å². The van der Waals surface area contributed by atoms with Crippen molar-refractivity contribution < 1.29 is 4.39 Å². The summed E-state index contributed by atoms with van der Waals surface area (Å²) in [5.41, 5.74) is 1.26. The minimum absolute atomic E-state index is 0.147. The number of aromatic nitrogens is 4. The van der Waals surface area contributed by atoms with Gasteiger partial charge in [-0.2, -0.15) is 0 Å². The fourth-order valence-corrected chi connectivity index (χ4v) is 4.80. The molecule has 0 unspecified atom stereocenters. The van der Waals surface area contributed by atoms with E-state index in [0.29, 0.717) is 34.1 Å². The van der Waals surface area contributed by atoms with E-state index in [4.69, 9.17) is 16.6 Å². The lowest BCUT2D eigenvalue weighted by atomic mass is 10.2. The van der Waals surface area contributed by atoms with Crippen LogP contribution in [0.4, 0.5) is 10.1 Å². The first-order valence-corrected chi connectivity index (χ1v) is 11.8. The van der Waals surface area contributed by atoms with Gasteiger partial charge in [0.15, 0.2) is 11.2 Å². The predicted molar refractivity (Wildman–Crippen MR) is 135 cm³/mol. The zero-order valence-corrected chi connectivity index (χ0v) is 20.4. The molecule has 2 aromatic heterocycles. The highest BCUT2D eigenvalue weighted by Crippen LogP contribution is 2.22. The van der Waals surface area contributed by atoms with Crippen LogP contribution in [0, 0.1) is 5.82 Å². The maximum Gasteiger partial charge on any atom is 0.332 e. The van der Waals surface area contributed by atoms with E-state index in [2.05, 4.69) is 9.80 Å². The molecule has 1 saturated heterocycles. The monoisotopic (exact) mass is 496 g/mol. The molecule has 0 atom stereocenters. The normalized spacial score (nSPS) is 14.7. The Labute approximate surface area is 206 Å². The van der Waals surface area contributed by atoms with Crippen molar-refractivity contribution >= 4 is 28.5 Å². The summed E-state index contributed by atoms with van der Waals surface area (Å²) >= 11 is 6.16. The summed E-state index contributed by atoms with van der Waals surface area (Å²) in [7, 11) is 3.04. The molecule has 10 heteroatoms. The molecule has 5 rings (SSSR count). The van der Waals surface area contributed by atoms with E-state index in [-0.39, 0.29) is 12.4 Å². The second-order valence-corrected chi connectivity index (χ2v) is 9.26. The Hall–Kier alpha value is -3.43. The molecule has 1 aliphatic heterocycles. The standard InChI is InChI=1S/C25H26ClFN6O2/c1-29-23-22(24(34)30(2)25(29)35)33(15-17-6-3-4-9-20(17)27)21(28-23)16-31-10-12-32(13-11-31)19-8-5-7-18(26)14-19/h3-9,14H,10-13,15-16H2,1-2H3. The number of halogens is 2. The molecule has 35 heavy (non-hydrogen) atoms. The Morgan fingerprint density at radius 3 is 2.40 bits per heavy atom. The highest BCUT2D eigenvalue weighted by molar-refractivity contribution is 6.30. The molecule has 0 amide bonds. The average Bonchev–Trinajstić information content (AvgIpc) is 3.21. The molecule has 0 saturated carbocycles. The number of imidazole rings is 1. The molecule has 0 aliphatic carbocycles. The number of hydrogen-bond donors (Lipinski definition) is 0. The van der Waals surface area contributed by atoms with Crippen molar-refractivity contribution in [3.63, 3.8) is 0 Å². The Morgan fingerprint density at radius 2 is 1.69 bits per heavy atom. The lowest BCUT2D eigenvalue weighted by molar-refractivity contribution is 0.241. The molecule has 182 valence electrons. The lowest BCUT2D eigenvalue weighted by Gasteiger charge is -2.36. The SMILES string of the molecule is Cn1c(=O)c2c(nc(CN3CCN(c4cccc(Cl)c4)CC3)n2Cc2ccccc2F)n(C)c1=O. The number of anilines is 1. The molecule has 0 bridgehead atoms. The maximum atomic E-state index is 14.5. The molecule has 0 spiro atoms. The summed E-state index contributed by atoms with van der Waals surface area (Å²) in [6, 6.07) is 14.3. The first-order chi connectivity index (χ1) is 16.8. The molecule has 3 heterocycles. The van der Waals surface area contributed by atoms with E-state index in [1.165, 1.54) is 17.7 Å². The van der Waals surface area contributed by atoms with Crippen molar-refractivity contribution in [3.8, 4) is 0 Å². The fraction of sp³-hybridized carbons (Fsp3) is 0.320. The number of hydrogen-bond acceptors (Lipinski definition) is 5. The van der Waals surface area contributed by atoms with Crippen molar-refractivity contribution in [2.75, 3.05) is 31.1 Å². The van der Waals surface area contributed by atoms with Crippen LogP contribution in [-0.4, -0.2) is 49.8 Å². The molecule has 1 fully saturated rings. The fourth-order valence-electron chi connectivity index (χ4n) is 4.62. The zero-order chi connectivity index (χ0) is 24.7. The van der Waals surface area contributed by atoms with Gasteiger partial charge in [0, 0.05) is 56.5 Å². The molecule has 0 N–H and O–H groups in total. The molecule has 4 aromatic rings. The van der Waals surface area contributed by atoms with Gasteiger partial charge in [-0.15, -0.1) is 0 Å². The van der Waals surface area contributed by atoms with Gasteiger partial charge in [0.05, 0.1) is 13.1 Å². The second-order valence-electron chi connectivity index (χ2n) is 8.83. The van der Waals surface area contributed by atoms with Crippen LogP contribution >= 0.6 is 11.6 Å². The van der Waals surface area contributed by atoms with Gasteiger partial charge < -0.3 is 9.47 Å². The van der Waals surface area contributed by atoms with Gasteiger partial charge in [-0.05, 0) is 24.3 Å². The minimum atomic E-state index is -0.445. The Bertz CT molecular complexity index is 1520. The van der Waals surface area contributed by atoms with Crippen LogP contribution in [0.15, 0.2) is 58.1 Å². The van der Waals surface area contributed by atoms with Gasteiger partial charge in [-0.1, -0.05) is 35.9 Å². The van der Waals surface area contributed by atoms with Gasteiger partial charge in [0.25, 0.3) is 5.56 Å². The third kappa shape index (κ3) is 4.37. The highest BCUT2D eigenvalue weighted by Gasteiger charge is 2.24. The molecule has 2 aromatic carbocycles.